The van der Waals surface area contributed by atoms with Crippen LogP contribution in [0.4, 0.5) is 0 Å². The van der Waals surface area contributed by atoms with Gasteiger partial charge in [-0.2, -0.15) is 0 Å². The second-order valence-electron chi connectivity index (χ2n) is 4.57. The van der Waals surface area contributed by atoms with Crippen molar-refractivity contribution in [2.45, 2.75) is 20.0 Å². The van der Waals surface area contributed by atoms with Crippen molar-refractivity contribution in [2.24, 2.45) is 0 Å². The van der Waals surface area contributed by atoms with Gasteiger partial charge >= 0.3 is 0 Å². The van der Waals surface area contributed by atoms with E-state index in [9.17, 15) is 4.79 Å². The fourth-order valence-electron chi connectivity index (χ4n) is 2.02. The molecule has 0 aliphatic rings. The lowest BCUT2D eigenvalue weighted by Gasteiger charge is -2.03. The van der Waals surface area contributed by atoms with Gasteiger partial charge < -0.3 is 14.8 Å². The number of hydrogen-bond acceptors (Lipinski definition) is 5. The molecule has 2 aromatic heterocycles. The highest BCUT2D eigenvalue weighted by molar-refractivity contribution is 5.77. The molecule has 0 aliphatic carbocycles. The minimum absolute atomic E-state index is 0.122. The molecule has 102 valence electrons. The quantitative estimate of drug-likeness (QED) is 0.750. The zero-order chi connectivity index (χ0) is 13.9. The van der Waals surface area contributed by atoms with Gasteiger partial charge in [-0.05, 0) is 19.1 Å². The number of rotatable bonds is 4. The highest BCUT2D eigenvalue weighted by Crippen LogP contribution is 2.06. The SMILES string of the molecule is Cc1cc(CNCc2nc3ccccc3c(=O)[nH]2)on1. The Morgan fingerprint density at radius 3 is 2.95 bits per heavy atom. The minimum atomic E-state index is -0.122. The summed E-state index contributed by atoms with van der Waals surface area (Å²) >= 11 is 0. The molecular weight excluding hydrogens is 256 g/mol. The van der Waals surface area contributed by atoms with Crippen molar-refractivity contribution in [1.29, 1.82) is 0 Å². The Morgan fingerprint density at radius 1 is 1.30 bits per heavy atom. The minimum Gasteiger partial charge on any atom is -0.360 e. The lowest BCUT2D eigenvalue weighted by Crippen LogP contribution is -2.19. The largest absolute Gasteiger partial charge is 0.360 e. The summed E-state index contributed by atoms with van der Waals surface area (Å²) < 4.78 is 5.09. The summed E-state index contributed by atoms with van der Waals surface area (Å²) in [5.41, 5.74) is 1.42. The molecule has 0 aliphatic heterocycles. The van der Waals surface area contributed by atoms with E-state index in [1.165, 1.54) is 0 Å². The van der Waals surface area contributed by atoms with Crippen LogP contribution in [0.15, 0.2) is 39.6 Å². The van der Waals surface area contributed by atoms with Crippen LogP contribution in [0, 0.1) is 6.92 Å². The number of aromatic amines is 1. The number of hydrogen-bond donors (Lipinski definition) is 2. The summed E-state index contributed by atoms with van der Waals surface area (Å²) in [5, 5.41) is 7.56. The second kappa shape index (κ2) is 5.26. The highest BCUT2D eigenvalue weighted by Gasteiger charge is 2.04. The lowest BCUT2D eigenvalue weighted by molar-refractivity contribution is 0.369. The van der Waals surface area contributed by atoms with E-state index in [-0.39, 0.29) is 5.56 Å². The number of nitrogens with zero attached hydrogens (tertiary/aromatic N) is 2. The Kier molecular flexibility index (Phi) is 3.30. The summed E-state index contributed by atoms with van der Waals surface area (Å²) in [6.07, 6.45) is 0. The molecule has 6 nitrogen and oxygen atoms in total. The van der Waals surface area contributed by atoms with E-state index < -0.39 is 0 Å². The molecule has 0 bridgehead atoms. The second-order valence-corrected chi connectivity index (χ2v) is 4.57. The van der Waals surface area contributed by atoms with Gasteiger partial charge in [0.2, 0.25) is 0 Å². The molecule has 0 spiro atoms. The van der Waals surface area contributed by atoms with E-state index in [0.717, 1.165) is 11.5 Å². The van der Waals surface area contributed by atoms with Crippen molar-refractivity contribution in [3.63, 3.8) is 0 Å². The zero-order valence-electron chi connectivity index (χ0n) is 11.0. The maximum atomic E-state index is 11.9. The Labute approximate surface area is 114 Å². The maximum Gasteiger partial charge on any atom is 0.258 e. The summed E-state index contributed by atoms with van der Waals surface area (Å²) in [7, 11) is 0. The summed E-state index contributed by atoms with van der Waals surface area (Å²) in [6, 6.07) is 9.14. The smallest absolute Gasteiger partial charge is 0.258 e. The molecule has 2 N–H and O–H groups in total. The first kappa shape index (κ1) is 12.6. The van der Waals surface area contributed by atoms with E-state index in [0.29, 0.717) is 29.8 Å². The van der Waals surface area contributed by atoms with Gasteiger partial charge in [-0.1, -0.05) is 17.3 Å². The number of nitrogens with one attached hydrogen (secondary N) is 2. The van der Waals surface area contributed by atoms with Crippen molar-refractivity contribution < 1.29 is 4.52 Å². The van der Waals surface area contributed by atoms with Gasteiger partial charge in [0.05, 0.1) is 29.7 Å². The molecule has 1 aromatic carbocycles. The number of aromatic nitrogens is 3. The Hall–Kier alpha value is -2.47. The van der Waals surface area contributed by atoms with Gasteiger partial charge in [0.25, 0.3) is 5.56 Å². The van der Waals surface area contributed by atoms with Gasteiger partial charge in [-0.3, -0.25) is 4.79 Å². The van der Waals surface area contributed by atoms with Crippen LogP contribution >= 0.6 is 0 Å². The van der Waals surface area contributed by atoms with E-state index in [4.69, 9.17) is 4.52 Å². The number of aryl methyl sites for hydroxylation is 1. The van der Waals surface area contributed by atoms with Gasteiger partial charge in [-0.15, -0.1) is 0 Å². The molecule has 0 atom stereocenters. The molecular formula is C14H14N4O2. The number of benzene rings is 1. The van der Waals surface area contributed by atoms with Crippen LogP contribution in [0.25, 0.3) is 10.9 Å². The third kappa shape index (κ3) is 2.60. The fourth-order valence-corrected chi connectivity index (χ4v) is 2.02. The molecule has 2 heterocycles. The fraction of sp³-hybridized carbons (Fsp3) is 0.214. The monoisotopic (exact) mass is 270 g/mol. The van der Waals surface area contributed by atoms with E-state index >= 15 is 0 Å². The molecule has 0 amide bonds. The zero-order valence-corrected chi connectivity index (χ0v) is 11.0. The Morgan fingerprint density at radius 2 is 2.15 bits per heavy atom. The first-order valence-electron chi connectivity index (χ1n) is 6.33. The summed E-state index contributed by atoms with van der Waals surface area (Å²) in [4.78, 5) is 19.1. The van der Waals surface area contributed by atoms with Crippen LogP contribution in [0.1, 0.15) is 17.3 Å². The van der Waals surface area contributed by atoms with Crippen LogP contribution in [-0.4, -0.2) is 15.1 Å². The lowest BCUT2D eigenvalue weighted by atomic mass is 10.2. The maximum absolute atomic E-state index is 11.9. The number of fused-ring (bicyclic) bond motifs is 1. The van der Waals surface area contributed by atoms with Gasteiger partial charge in [-0.25, -0.2) is 4.98 Å². The third-order valence-corrected chi connectivity index (χ3v) is 2.93. The van der Waals surface area contributed by atoms with E-state index in [2.05, 4.69) is 20.4 Å². The van der Waals surface area contributed by atoms with Crippen molar-refractivity contribution in [1.82, 2.24) is 20.4 Å². The molecule has 3 aromatic rings. The van der Waals surface area contributed by atoms with Gasteiger partial charge in [0.15, 0.2) is 5.76 Å². The van der Waals surface area contributed by atoms with Crippen molar-refractivity contribution >= 4 is 10.9 Å². The molecule has 0 radical (unpaired) electrons. The highest BCUT2D eigenvalue weighted by atomic mass is 16.5. The van der Waals surface area contributed by atoms with Crippen LogP contribution < -0.4 is 10.9 Å². The molecule has 0 unspecified atom stereocenters. The predicted molar refractivity (Wildman–Crippen MR) is 74.1 cm³/mol. The number of H-pyrrole nitrogens is 1. The third-order valence-electron chi connectivity index (χ3n) is 2.93. The molecule has 3 rings (SSSR count). The Bertz CT molecular complexity index is 791. The summed E-state index contributed by atoms with van der Waals surface area (Å²) in [6.45, 7) is 2.87. The van der Waals surface area contributed by atoms with Gasteiger partial charge in [0, 0.05) is 6.07 Å². The molecule has 0 saturated carbocycles. The van der Waals surface area contributed by atoms with Gasteiger partial charge in [0.1, 0.15) is 5.82 Å². The average Bonchev–Trinajstić information content (AvgIpc) is 2.85. The first-order valence-corrected chi connectivity index (χ1v) is 6.33. The Balaban J connectivity index is 1.73. The van der Waals surface area contributed by atoms with Crippen molar-refractivity contribution in [3.8, 4) is 0 Å². The van der Waals surface area contributed by atoms with Crippen LogP contribution in [-0.2, 0) is 13.1 Å². The van der Waals surface area contributed by atoms with Crippen molar-refractivity contribution in [2.75, 3.05) is 0 Å². The predicted octanol–water partition coefficient (Wildman–Crippen LogP) is 1.51. The molecule has 0 fully saturated rings. The molecule has 6 heteroatoms. The van der Waals surface area contributed by atoms with Crippen LogP contribution in [0.3, 0.4) is 0 Å². The molecule has 0 saturated heterocycles. The number of para-hydroxylation sites is 1. The van der Waals surface area contributed by atoms with Crippen LogP contribution in [0.5, 0.6) is 0 Å². The molecule has 20 heavy (non-hydrogen) atoms. The van der Waals surface area contributed by atoms with Crippen molar-refractivity contribution in [3.05, 3.63) is 58.0 Å². The average molecular weight is 270 g/mol. The standard InChI is InChI=1S/C14H14N4O2/c1-9-6-10(20-18-9)7-15-8-13-16-12-5-3-2-4-11(12)14(19)17-13/h2-6,15H,7-8H2,1H3,(H,16,17,19). The normalized spacial score (nSPS) is 11.1. The van der Waals surface area contributed by atoms with Crippen LogP contribution in [0.2, 0.25) is 0 Å². The van der Waals surface area contributed by atoms with E-state index in [1.54, 1.807) is 6.07 Å². The summed E-state index contributed by atoms with van der Waals surface area (Å²) in [5.74, 6) is 1.36. The first-order chi connectivity index (χ1) is 9.72. The van der Waals surface area contributed by atoms with E-state index in [1.807, 2.05) is 31.2 Å². The topological polar surface area (TPSA) is 83.8 Å².